The maximum Gasteiger partial charge on any atom is 0.247 e. The summed E-state index contributed by atoms with van der Waals surface area (Å²) in [5.74, 6) is -1.32. The monoisotopic (exact) mass is 594 g/mol. The standard InChI is InChI=1S/C30H36F2N8O3/c1-6-27(41)35-22-12-23(26(43-5)13-24(22)40-9-8-17-14-39(4)15-25(17)40)37-29-34-16-33-28(38-29)36-21-11-20(32)19(31)10-18(21)30(3,42)7-2/h6,10-13,16-17,25,42H,1,7-9,14-15H2,2-5H3,(H,35,41)(H2,33,34,36,37,38)/t17-,25+,30?/m0/s1. The lowest BCUT2D eigenvalue weighted by Crippen LogP contribution is -2.35. The topological polar surface area (TPSA) is 128 Å². The molecule has 1 aromatic heterocycles. The number of aliphatic hydroxyl groups is 1. The molecule has 1 amide bonds. The fraction of sp³-hybridized carbons (Fsp3) is 0.400. The van der Waals surface area contributed by atoms with Crippen LogP contribution >= 0.6 is 0 Å². The molecule has 11 nitrogen and oxygen atoms in total. The number of methoxy groups -OCH3 is 1. The SMILES string of the molecule is C=CC(=O)Nc1cc(Nc2ncnc(Nc3cc(F)c(F)cc3C(C)(O)CC)n2)c(OC)cc1N1CC[C@H]2CN(C)C[C@H]21. The third kappa shape index (κ3) is 6.22. The Hall–Kier alpha value is -4.36. The minimum absolute atomic E-state index is 0.0286. The molecule has 2 saturated heterocycles. The van der Waals surface area contributed by atoms with E-state index in [1.807, 2.05) is 6.07 Å². The van der Waals surface area contributed by atoms with Gasteiger partial charge in [0.1, 0.15) is 12.1 Å². The predicted molar refractivity (Wildman–Crippen MR) is 161 cm³/mol. The number of rotatable bonds is 10. The molecule has 0 radical (unpaired) electrons. The molecule has 3 aromatic rings. The van der Waals surface area contributed by atoms with Gasteiger partial charge in [-0.3, -0.25) is 4.79 Å². The molecule has 4 N–H and O–H groups in total. The second-order valence-electron chi connectivity index (χ2n) is 11.1. The Balaban J connectivity index is 1.47. The zero-order chi connectivity index (χ0) is 30.9. The van der Waals surface area contributed by atoms with E-state index in [4.69, 9.17) is 4.74 Å². The highest BCUT2D eigenvalue weighted by Gasteiger charge is 2.41. The van der Waals surface area contributed by atoms with Gasteiger partial charge in [0.15, 0.2) is 11.6 Å². The highest BCUT2D eigenvalue weighted by atomic mass is 19.2. The summed E-state index contributed by atoms with van der Waals surface area (Å²) >= 11 is 0. The van der Waals surface area contributed by atoms with Crippen molar-refractivity contribution in [2.45, 2.75) is 38.3 Å². The number of carbonyl (C=O) groups excluding carboxylic acids is 1. The van der Waals surface area contributed by atoms with Gasteiger partial charge in [0.2, 0.25) is 17.8 Å². The zero-order valence-electron chi connectivity index (χ0n) is 24.6. The van der Waals surface area contributed by atoms with Gasteiger partial charge in [-0.05, 0) is 50.9 Å². The number of halogens is 2. The van der Waals surface area contributed by atoms with Crippen LogP contribution in [0.5, 0.6) is 5.75 Å². The van der Waals surface area contributed by atoms with Gasteiger partial charge >= 0.3 is 0 Å². The number of likely N-dealkylation sites (tertiary alicyclic amines) is 1. The Labute approximate surface area is 249 Å². The number of amides is 1. The third-order valence-corrected chi connectivity index (χ3v) is 8.19. The Morgan fingerprint density at radius 2 is 1.84 bits per heavy atom. The molecule has 228 valence electrons. The third-order valence-electron chi connectivity index (χ3n) is 8.19. The molecule has 0 saturated carbocycles. The van der Waals surface area contributed by atoms with Crippen LogP contribution in [0.3, 0.4) is 0 Å². The molecular weight excluding hydrogens is 558 g/mol. The molecule has 2 aromatic carbocycles. The van der Waals surface area contributed by atoms with Crippen LogP contribution in [0, 0.1) is 17.6 Å². The molecule has 0 spiro atoms. The van der Waals surface area contributed by atoms with E-state index in [-0.39, 0.29) is 35.5 Å². The van der Waals surface area contributed by atoms with E-state index in [1.165, 1.54) is 19.3 Å². The minimum atomic E-state index is -1.43. The van der Waals surface area contributed by atoms with Crippen LogP contribution in [-0.4, -0.2) is 70.7 Å². The summed E-state index contributed by atoms with van der Waals surface area (Å²) in [4.78, 5) is 29.7. The first-order valence-corrected chi connectivity index (χ1v) is 14.1. The van der Waals surface area contributed by atoms with E-state index in [0.717, 1.165) is 43.9 Å². The molecule has 1 unspecified atom stereocenters. The number of carbonyl (C=O) groups is 1. The molecule has 5 rings (SSSR count). The van der Waals surface area contributed by atoms with E-state index < -0.39 is 17.2 Å². The van der Waals surface area contributed by atoms with Crippen LogP contribution < -0.4 is 25.6 Å². The normalized spacial score (nSPS) is 19.5. The van der Waals surface area contributed by atoms with Crippen LogP contribution in [0.15, 0.2) is 43.2 Å². The van der Waals surface area contributed by atoms with Crippen molar-refractivity contribution in [1.82, 2.24) is 19.9 Å². The summed E-state index contributed by atoms with van der Waals surface area (Å²) in [6, 6.07) is 5.86. The number of anilines is 6. The van der Waals surface area contributed by atoms with E-state index >= 15 is 0 Å². The maximum absolute atomic E-state index is 14.2. The van der Waals surface area contributed by atoms with Crippen molar-refractivity contribution in [3.63, 3.8) is 0 Å². The molecule has 2 aliphatic rings. The number of hydrogen-bond acceptors (Lipinski definition) is 10. The van der Waals surface area contributed by atoms with Crippen LogP contribution in [0.4, 0.5) is 43.4 Å². The van der Waals surface area contributed by atoms with Crippen LogP contribution in [0.1, 0.15) is 32.3 Å². The summed E-state index contributed by atoms with van der Waals surface area (Å²) in [6.07, 6.45) is 3.77. The quantitative estimate of drug-likeness (QED) is 0.249. The Morgan fingerprint density at radius 1 is 1.14 bits per heavy atom. The van der Waals surface area contributed by atoms with Gasteiger partial charge in [-0.25, -0.2) is 18.7 Å². The lowest BCUT2D eigenvalue weighted by atomic mass is 9.91. The lowest BCUT2D eigenvalue weighted by molar-refractivity contribution is -0.111. The van der Waals surface area contributed by atoms with E-state index in [2.05, 4.69) is 54.3 Å². The predicted octanol–water partition coefficient (Wildman–Crippen LogP) is 4.53. The maximum atomic E-state index is 14.2. The van der Waals surface area contributed by atoms with E-state index in [1.54, 1.807) is 20.1 Å². The Morgan fingerprint density at radius 3 is 2.51 bits per heavy atom. The van der Waals surface area contributed by atoms with Crippen molar-refractivity contribution in [3.05, 3.63) is 60.4 Å². The molecule has 43 heavy (non-hydrogen) atoms. The highest BCUT2D eigenvalue weighted by molar-refractivity contribution is 6.02. The second-order valence-corrected chi connectivity index (χ2v) is 11.1. The number of hydrogen-bond donors (Lipinski definition) is 4. The van der Waals surface area contributed by atoms with Crippen LogP contribution in [0.2, 0.25) is 0 Å². The number of benzene rings is 2. The summed E-state index contributed by atoms with van der Waals surface area (Å²) in [7, 11) is 3.66. The van der Waals surface area contributed by atoms with Gasteiger partial charge in [0.05, 0.1) is 35.5 Å². The van der Waals surface area contributed by atoms with Crippen molar-refractivity contribution in [2.75, 3.05) is 54.6 Å². The summed E-state index contributed by atoms with van der Waals surface area (Å²) in [5, 5.41) is 19.7. The molecule has 13 heteroatoms. The Bertz CT molecular complexity index is 1540. The van der Waals surface area contributed by atoms with E-state index in [9.17, 15) is 18.7 Å². The lowest BCUT2D eigenvalue weighted by Gasteiger charge is -2.29. The number of aromatic nitrogens is 3. The zero-order valence-corrected chi connectivity index (χ0v) is 24.6. The smallest absolute Gasteiger partial charge is 0.247 e. The highest BCUT2D eigenvalue weighted by Crippen LogP contribution is 2.43. The van der Waals surface area contributed by atoms with Crippen LogP contribution in [-0.2, 0) is 10.4 Å². The second kappa shape index (κ2) is 12.1. The molecule has 0 bridgehead atoms. The molecular formula is C30H36F2N8O3. The first-order chi connectivity index (χ1) is 20.5. The van der Waals surface area contributed by atoms with Crippen molar-refractivity contribution >= 4 is 40.6 Å². The van der Waals surface area contributed by atoms with Crippen LogP contribution in [0.25, 0.3) is 0 Å². The fourth-order valence-corrected chi connectivity index (χ4v) is 5.77. The van der Waals surface area contributed by atoms with Gasteiger partial charge in [0.25, 0.3) is 0 Å². The van der Waals surface area contributed by atoms with Gasteiger partial charge < -0.3 is 35.6 Å². The fourth-order valence-electron chi connectivity index (χ4n) is 5.77. The molecule has 3 heterocycles. The molecule has 0 aliphatic carbocycles. The van der Waals surface area contributed by atoms with E-state index in [0.29, 0.717) is 29.1 Å². The minimum Gasteiger partial charge on any atom is -0.494 e. The molecule has 2 aliphatic heterocycles. The number of nitrogens with zero attached hydrogens (tertiary/aromatic N) is 5. The van der Waals surface area contributed by atoms with Gasteiger partial charge in [-0.2, -0.15) is 4.98 Å². The van der Waals surface area contributed by atoms with Crippen molar-refractivity contribution in [1.29, 1.82) is 0 Å². The molecule has 3 atom stereocenters. The summed E-state index contributed by atoms with van der Waals surface area (Å²) in [6.45, 7) is 9.64. The number of fused-ring (bicyclic) bond motifs is 1. The summed E-state index contributed by atoms with van der Waals surface area (Å²) < 4.78 is 34.0. The number of nitrogens with one attached hydrogen (secondary N) is 3. The first-order valence-electron chi connectivity index (χ1n) is 14.1. The van der Waals surface area contributed by atoms with Crippen molar-refractivity contribution in [2.24, 2.45) is 5.92 Å². The Kier molecular flexibility index (Phi) is 8.47. The first kappa shape index (κ1) is 30.1. The average Bonchev–Trinajstić information content (AvgIpc) is 3.54. The van der Waals surface area contributed by atoms with Crippen molar-refractivity contribution < 1.29 is 23.4 Å². The largest absolute Gasteiger partial charge is 0.494 e. The number of ether oxygens (including phenoxy) is 1. The summed E-state index contributed by atoms with van der Waals surface area (Å²) in [5.41, 5.74) is 0.720. The van der Waals surface area contributed by atoms with Gasteiger partial charge in [0, 0.05) is 43.4 Å². The number of likely N-dealkylation sites (N-methyl/N-ethyl adjacent to an activating group) is 1. The van der Waals surface area contributed by atoms with Gasteiger partial charge in [-0.1, -0.05) is 13.5 Å². The van der Waals surface area contributed by atoms with Gasteiger partial charge in [-0.15, -0.1) is 0 Å². The molecule has 2 fully saturated rings. The van der Waals surface area contributed by atoms with Crippen molar-refractivity contribution in [3.8, 4) is 5.75 Å². The average molecular weight is 595 g/mol.